The molecule has 0 spiro atoms. The van der Waals surface area contributed by atoms with E-state index in [-0.39, 0.29) is 5.78 Å². The van der Waals surface area contributed by atoms with Crippen molar-refractivity contribution in [3.05, 3.63) is 23.5 Å². The molecule has 0 aromatic carbocycles. The molecule has 0 atom stereocenters. The van der Waals surface area contributed by atoms with Gasteiger partial charge in [-0.05, 0) is 6.08 Å². The summed E-state index contributed by atoms with van der Waals surface area (Å²) in [6, 6.07) is 0. The second-order valence-corrected chi connectivity index (χ2v) is 2.57. The quantitative estimate of drug-likeness (QED) is 0.540. The van der Waals surface area contributed by atoms with Gasteiger partial charge in [0.15, 0.2) is 5.78 Å². The van der Waals surface area contributed by atoms with Crippen LogP contribution in [-0.4, -0.2) is 18.5 Å². The maximum Gasteiger partial charge on any atom is 0.178 e. The zero-order valence-electron chi connectivity index (χ0n) is 6.00. The predicted molar refractivity (Wildman–Crippen MR) is 42.3 cm³/mol. The molecule has 0 aromatic rings. The average Bonchev–Trinajstić information content (AvgIpc) is 2.04. The number of dihydropyridines is 1. The monoisotopic (exact) mass is 148 g/mol. The van der Waals surface area contributed by atoms with Gasteiger partial charge in [-0.3, -0.25) is 9.79 Å². The molecule has 0 radical (unpaired) electrons. The minimum Gasteiger partial charge on any atom is -0.387 e. The first kappa shape index (κ1) is 6.34. The molecule has 56 valence electrons. The summed E-state index contributed by atoms with van der Waals surface area (Å²) in [4.78, 5) is 14.9. The van der Waals surface area contributed by atoms with Crippen LogP contribution in [0.25, 0.3) is 0 Å². The fraction of sp³-hybridized carbons (Fsp3) is 0.250. The number of nitrogens with zero attached hydrogens (tertiary/aromatic N) is 1. The van der Waals surface area contributed by atoms with Crippen LogP contribution in [-0.2, 0) is 4.79 Å². The molecule has 0 saturated heterocycles. The number of allylic oxidation sites excluding steroid dienone is 1. The van der Waals surface area contributed by atoms with Gasteiger partial charge in [0.25, 0.3) is 0 Å². The van der Waals surface area contributed by atoms with Crippen molar-refractivity contribution < 1.29 is 4.79 Å². The van der Waals surface area contributed by atoms with Crippen LogP contribution in [0, 0.1) is 0 Å². The average molecular weight is 148 g/mol. The third-order valence-corrected chi connectivity index (χ3v) is 1.73. The molecule has 0 unspecified atom stereocenters. The summed E-state index contributed by atoms with van der Waals surface area (Å²) in [5.41, 5.74) is 1.95. The van der Waals surface area contributed by atoms with E-state index in [0.29, 0.717) is 6.42 Å². The van der Waals surface area contributed by atoms with Crippen molar-refractivity contribution in [2.75, 3.05) is 6.54 Å². The summed E-state index contributed by atoms with van der Waals surface area (Å²) < 4.78 is 0. The predicted octanol–water partition coefficient (Wildman–Crippen LogP) is 0.401. The lowest BCUT2D eigenvalue weighted by Crippen LogP contribution is -2.17. The SMILES string of the molecule is O=C1C=NC2=CCNC=C2C1. The first-order valence-corrected chi connectivity index (χ1v) is 3.56. The van der Waals surface area contributed by atoms with Crippen molar-refractivity contribution in [1.29, 1.82) is 0 Å². The number of fused-ring (bicyclic) bond motifs is 1. The van der Waals surface area contributed by atoms with E-state index in [9.17, 15) is 4.79 Å². The zero-order chi connectivity index (χ0) is 7.68. The summed E-state index contributed by atoms with van der Waals surface area (Å²) in [6.07, 6.45) is 5.73. The van der Waals surface area contributed by atoms with Gasteiger partial charge in [0.2, 0.25) is 0 Å². The highest BCUT2D eigenvalue weighted by molar-refractivity contribution is 6.29. The lowest BCUT2D eigenvalue weighted by Gasteiger charge is -2.15. The molecule has 0 aliphatic carbocycles. The number of Topliss-reactive ketones (excluding diaryl/α,β-unsaturated/α-hetero) is 1. The fourth-order valence-electron chi connectivity index (χ4n) is 1.19. The summed E-state index contributed by atoms with van der Waals surface area (Å²) in [5, 5.41) is 3.04. The highest BCUT2D eigenvalue weighted by atomic mass is 16.1. The first-order chi connectivity index (χ1) is 5.36. The zero-order valence-corrected chi connectivity index (χ0v) is 6.00. The van der Waals surface area contributed by atoms with E-state index < -0.39 is 0 Å². The Balaban J connectivity index is 2.37. The highest BCUT2D eigenvalue weighted by Crippen LogP contribution is 2.20. The van der Waals surface area contributed by atoms with Crippen LogP contribution in [0.3, 0.4) is 0 Å². The summed E-state index contributed by atoms with van der Waals surface area (Å²) in [5.74, 6) is 0.0806. The van der Waals surface area contributed by atoms with Crippen LogP contribution in [0.5, 0.6) is 0 Å². The molecule has 0 fully saturated rings. The van der Waals surface area contributed by atoms with Crippen molar-refractivity contribution >= 4 is 12.0 Å². The van der Waals surface area contributed by atoms with Crippen LogP contribution in [0.1, 0.15) is 6.42 Å². The standard InChI is InChI=1S/C8H8N2O/c11-7-3-6-4-9-2-1-8(6)10-5-7/h1,4-5,9H,2-3H2. The Labute approximate surface area is 64.5 Å². The number of carbonyl (C=O) groups is 1. The molecule has 0 amide bonds. The van der Waals surface area contributed by atoms with Gasteiger partial charge in [-0.1, -0.05) is 0 Å². The maximum atomic E-state index is 10.9. The van der Waals surface area contributed by atoms with Gasteiger partial charge in [-0.15, -0.1) is 0 Å². The third kappa shape index (κ3) is 1.09. The number of hydrogen-bond donors (Lipinski definition) is 1. The fourth-order valence-corrected chi connectivity index (χ4v) is 1.19. The molecule has 1 N–H and O–H groups in total. The molecule has 2 aliphatic rings. The van der Waals surface area contributed by atoms with Crippen LogP contribution in [0.4, 0.5) is 0 Å². The lowest BCUT2D eigenvalue weighted by molar-refractivity contribution is -0.112. The van der Waals surface area contributed by atoms with Gasteiger partial charge in [0.05, 0.1) is 11.9 Å². The number of rotatable bonds is 0. The van der Waals surface area contributed by atoms with Crippen molar-refractivity contribution in [2.45, 2.75) is 6.42 Å². The van der Waals surface area contributed by atoms with Gasteiger partial charge < -0.3 is 5.32 Å². The van der Waals surface area contributed by atoms with Gasteiger partial charge in [0.1, 0.15) is 0 Å². The Hall–Kier alpha value is -1.38. The van der Waals surface area contributed by atoms with Crippen molar-refractivity contribution in [3.8, 4) is 0 Å². The molecule has 11 heavy (non-hydrogen) atoms. The van der Waals surface area contributed by atoms with E-state index in [0.717, 1.165) is 17.8 Å². The molecule has 3 heteroatoms. The summed E-state index contributed by atoms with van der Waals surface area (Å²) in [6.45, 7) is 0.810. The van der Waals surface area contributed by atoms with Gasteiger partial charge >= 0.3 is 0 Å². The minimum atomic E-state index is 0.0806. The molecule has 2 rings (SSSR count). The van der Waals surface area contributed by atoms with E-state index in [2.05, 4.69) is 10.3 Å². The number of ketones is 1. The number of hydrogen-bond acceptors (Lipinski definition) is 3. The number of carbonyl (C=O) groups excluding carboxylic acids is 1. The molecular weight excluding hydrogens is 140 g/mol. The highest BCUT2D eigenvalue weighted by Gasteiger charge is 2.15. The Morgan fingerprint density at radius 3 is 3.36 bits per heavy atom. The second-order valence-electron chi connectivity index (χ2n) is 2.57. The minimum absolute atomic E-state index is 0.0806. The molecule has 3 nitrogen and oxygen atoms in total. The molecule has 0 bridgehead atoms. The molecule has 2 heterocycles. The van der Waals surface area contributed by atoms with Gasteiger partial charge in [-0.2, -0.15) is 0 Å². The number of nitrogens with one attached hydrogen (secondary N) is 1. The van der Waals surface area contributed by atoms with Crippen molar-refractivity contribution in [3.63, 3.8) is 0 Å². The van der Waals surface area contributed by atoms with Gasteiger partial charge in [-0.25, -0.2) is 0 Å². The normalized spacial score (nSPS) is 21.6. The molecule has 0 aromatic heterocycles. The van der Waals surface area contributed by atoms with Crippen molar-refractivity contribution in [2.24, 2.45) is 4.99 Å². The van der Waals surface area contributed by atoms with Gasteiger partial charge in [0, 0.05) is 24.7 Å². The maximum absolute atomic E-state index is 10.9. The Morgan fingerprint density at radius 1 is 1.55 bits per heavy atom. The smallest absolute Gasteiger partial charge is 0.178 e. The van der Waals surface area contributed by atoms with E-state index in [1.165, 1.54) is 6.21 Å². The summed E-state index contributed by atoms with van der Waals surface area (Å²) in [7, 11) is 0. The van der Waals surface area contributed by atoms with E-state index in [1.807, 2.05) is 12.3 Å². The van der Waals surface area contributed by atoms with Crippen molar-refractivity contribution in [1.82, 2.24) is 5.32 Å². The third-order valence-electron chi connectivity index (χ3n) is 1.73. The van der Waals surface area contributed by atoms with Crippen LogP contribution in [0.15, 0.2) is 28.5 Å². The first-order valence-electron chi connectivity index (χ1n) is 3.56. The van der Waals surface area contributed by atoms with Crippen LogP contribution >= 0.6 is 0 Å². The largest absolute Gasteiger partial charge is 0.387 e. The molecule has 2 aliphatic heterocycles. The Kier molecular flexibility index (Phi) is 1.35. The Morgan fingerprint density at radius 2 is 2.45 bits per heavy atom. The molecular formula is C8H8N2O. The van der Waals surface area contributed by atoms with Crippen LogP contribution < -0.4 is 5.32 Å². The Bertz CT molecular complexity index is 286. The van der Waals surface area contributed by atoms with E-state index in [4.69, 9.17) is 0 Å². The van der Waals surface area contributed by atoms with Crippen LogP contribution in [0.2, 0.25) is 0 Å². The topological polar surface area (TPSA) is 41.5 Å². The molecule has 0 saturated carbocycles. The van der Waals surface area contributed by atoms with E-state index in [1.54, 1.807) is 0 Å². The summed E-state index contributed by atoms with van der Waals surface area (Å²) >= 11 is 0. The lowest BCUT2D eigenvalue weighted by atomic mass is 10.0. The number of aliphatic imine (C=N–C) groups is 1. The second kappa shape index (κ2) is 2.34. The van der Waals surface area contributed by atoms with E-state index >= 15 is 0 Å².